The van der Waals surface area contributed by atoms with Gasteiger partial charge in [-0.1, -0.05) is 0 Å². The van der Waals surface area contributed by atoms with E-state index in [4.69, 9.17) is 4.74 Å². The van der Waals surface area contributed by atoms with Gasteiger partial charge in [0.05, 0.1) is 0 Å². The van der Waals surface area contributed by atoms with E-state index in [-0.39, 0.29) is 11.7 Å². The number of nitrogens with zero attached hydrogens (tertiary/aromatic N) is 1. The molecule has 1 saturated heterocycles. The SMILES string of the molecule is CN(C(=O)OC(C)(C)C)[C@H]1CCS[Se]C1. The second-order valence-corrected chi connectivity index (χ2v) is 9.19. The Hall–Kier alpha value is 0.139. The number of carbonyl (C=O) groups excluding carboxylic acids is 1. The topological polar surface area (TPSA) is 29.5 Å². The zero-order chi connectivity index (χ0) is 11.5. The normalized spacial score (nSPS) is 22.3. The molecule has 0 aromatic heterocycles. The standard InChI is InChI=1S/C10H19NO2SSe/c1-10(2,3)13-9(12)11(4)8-5-6-14-15-7-8/h8H,5-7H2,1-4H3/t8-/m0/s1. The molecule has 0 radical (unpaired) electrons. The predicted octanol–water partition coefficient (Wildman–Crippen LogP) is 2.40. The summed E-state index contributed by atoms with van der Waals surface area (Å²) in [5.74, 6) is 1.18. The average Bonchev–Trinajstić information content (AvgIpc) is 2.15. The molecule has 5 heteroatoms. The number of amides is 1. The quantitative estimate of drug-likeness (QED) is 0.696. The van der Waals surface area contributed by atoms with Crippen LogP contribution in [-0.4, -0.2) is 49.3 Å². The van der Waals surface area contributed by atoms with Crippen molar-refractivity contribution in [1.29, 1.82) is 0 Å². The zero-order valence-electron chi connectivity index (χ0n) is 9.78. The maximum absolute atomic E-state index is 11.8. The molecule has 0 spiro atoms. The van der Waals surface area contributed by atoms with Crippen LogP contribution in [0.1, 0.15) is 27.2 Å². The van der Waals surface area contributed by atoms with Crippen LogP contribution in [0.25, 0.3) is 0 Å². The molecule has 0 saturated carbocycles. The molecular weight excluding hydrogens is 277 g/mol. The summed E-state index contributed by atoms with van der Waals surface area (Å²) in [5.41, 5.74) is -0.389. The van der Waals surface area contributed by atoms with Crippen LogP contribution in [0.3, 0.4) is 0 Å². The van der Waals surface area contributed by atoms with Crippen molar-refractivity contribution in [2.75, 3.05) is 12.8 Å². The van der Waals surface area contributed by atoms with E-state index in [1.807, 2.05) is 38.0 Å². The van der Waals surface area contributed by atoms with Crippen LogP contribution in [0.4, 0.5) is 4.79 Å². The first-order valence-electron chi connectivity index (χ1n) is 5.10. The summed E-state index contributed by atoms with van der Waals surface area (Å²) < 4.78 is 5.34. The van der Waals surface area contributed by atoms with Crippen LogP contribution in [0.15, 0.2) is 0 Å². The molecular formula is C10H19NO2SSe. The van der Waals surface area contributed by atoms with Gasteiger partial charge >= 0.3 is 101 Å². The molecule has 0 bridgehead atoms. The molecule has 0 aromatic rings. The summed E-state index contributed by atoms with van der Waals surface area (Å²) >= 11 is 0.638. The number of hydrogen-bond acceptors (Lipinski definition) is 3. The number of ether oxygens (including phenoxy) is 1. The molecule has 1 heterocycles. The van der Waals surface area contributed by atoms with Gasteiger partial charge in [0.2, 0.25) is 0 Å². The average molecular weight is 296 g/mol. The Kier molecular flexibility index (Phi) is 4.81. The molecule has 3 nitrogen and oxygen atoms in total. The molecule has 0 aromatic carbocycles. The first-order valence-corrected chi connectivity index (χ1v) is 9.32. The molecule has 0 unspecified atom stereocenters. The third-order valence-corrected chi connectivity index (χ3v) is 6.57. The van der Waals surface area contributed by atoms with Gasteiger partial charge in [-0.05, 0) is 0 Å². The van der Waals surface area contributed by atoms with E-state index in [0.29, 0.717) is 19.9 Å². The van der Waals surface area contributed by atoms with Crippen LogP contribution in [-0.2, 0) is 4.74 Å². The molecule has 1 amide bonds. The number of hydrogen-bond donors (Lipinski definition) is 0. The van der Waals surface area contributed by atoms with Gasteiger partial charge in [-0.2, -0.15) is 0 Å². The van der Waals surface area contributed by atoms with Gasteiger partial charge in [-0.15, -0.1) is 0 Å². The van der Waals surface area contributed by atoms with Crippen molar-refractivity contribution < 1.29 is 9.53 Å². The predicted molar refractivity (Wildman–Crippen MR) is 65.4 cm³/mol. The van der Waals surface area contributed by atoms with Crippen LogP contribution in [0, 0.1) is 0 Å². The van der Waals surface area contributed by atoms with Crippen molar-refractivity contribution in [1.82, 2.24) is 4.90 Å². The van der Waals surface area contributed by atoms with Gasteiger partial charge in [0.25, 0.3) is 0 Å². The van der Waals surface area contributed by atoms with Gasteiger partial charge in [-0.25, -0.2) is 0 Å². The summed E-state index contributed by atoms with van der Waals surface area (Å²) in [4.78, 5) is 13.5. The molecule has 1 aliphatic heterocycles. The van der Waals surface area contributed by atoms with E-state index in [1.54, 1.807) is 4.90 Å². The van der Waals surface area contributed by atoms with Gasteiger partial charge in [0.15, 0.2) is 0 Å². The van der Waals surface area contributed by atoms with Gasteiger partial charge in [0.1, 0.15) is 0 Å². The van der Waals surface area contributed by atoms with Crippen molar-refractivity contribution in [2.45, 2.75) is 44.2 Å². The summed E-state index contributed by atoms with van der Waals surface area (Å²) in [6, 6.07) is 0.390. The van der Waals surface area contributed by atoms with Crippen LogP contribution >= 0.6 is 10.2 Å². The van der Waals surface area contributed by atoms with Crippen molar-refractivity contribution in [3.8, 4) is 0 Å². The first kappa shape index (κ1) is 13.2. The molecule has 1 fully saturated rings. The Bertz CT molecular complexity index is 224. The fourth-order valence-corrected chi connectivity index (χ4v) is 5.74. The fraction of sp³-hybridized carbons (Fsp3) is 0.900. The molecule has 88 valence electrons. The summed E-state index contributed by atoms with van der Waals surface area (Å²) in [6.45, 7) is 5.71. The van der Waals surface area contributed by atoms with Crippen LogP contribution in [0.5, 0.6) is 0 Å². The Morgan fingerprint density at radius 1 is 1.53 bits per heavy atom. The monoisotopic (exact) mass is 297 g/mol. The summed E-state index contributed by atoms with van der Waals surface area (Å²) in [7, 11) is 3.88. The summed E-state index contributed by atoms with van der Waals surface area (Å²) in [6.07, 6.45) is 0.914. The Labute approximate surface area is 102 Å². The molecule has 1 rings (SSSR count). The third-order valence-electron chi connectivity index (χ3n) is 2.11. The van der Waals surface area contributed by atoms with Crippen molar-refractivity contribution in [3.63, 3.8) is 0 Å². The summed E-state index contributed by atoms with van der Waals surface area (Å²) in [5, 5.41) is 1.15. The molecule has 1 atom stereocenters. The molecule has 0 N–H and O–H groups in total. The first-order chi connectivity index (χ1) is 6.90. The minimum atomic E-state index is -0.389. The van der Waals surface area contributed by atoms with Crippen LogP contribution in [0.2, 0.25) is 5.32 Å². The fourth-order valence-electron chi connectivity index (χ4n) is 1.24. The Morgan fingerprint density at radius 3 is 2.67 bits per heavy atom. The van der Waals surface area contributed by atoms with E-state index in [2.05, 4.69) is 0 Å². The Balaban J connectivity index is 2.44. The van der Waals surface area contributed by atoms with Gasteiger partial charge in [0, 0.05) is 0 Å². The van der Waals surface area contributed by atoms with E-state index in [1.165, 1.54) is 5.75 Å². The van der Waals surface area contributed by atoms with E-state index < -0.39 is 0 Å². The van der Waals surface area contributed by atoms with E-state index in [9.17, 15) is 4.79 Å². The Morgan fingerprint density at radius 2 is 2.20 bits per heavy atom. The maximum atomic E-state index is 11.8. The second-order valence-electron chi connectivity index (χ2n) is 4.64. The van der Waals surface area contributed by atoms with Crippen LogP contribution < -0.4 is 0 Å². The minimum absolute atomic E-state index is 0.185. The van der Waals surface area contributed by atoms with Gasteiger partial charge in [-0.3, -0.25) is 0 Å². The van der Waals surface area contributed by atoms with E-state index in [0.717, 1.165) is 11.7 Å². The molecule has 1 aliphatic rings. The molecule has 0 aliphatic carbocycles. The van der Waals surface area contributed by atoms with Crippen molar-refractivity contribution in [2.24, 2.45) is 0 Å². The van der Waals surface area contributed by atoms with Crippen molar-refractivity contribution >= 4 is 30.1 Å². The molecule has 15 heavy (non-hydrogen) atoms. The number of rotatable bonds is 1. The third kappa shape index (κ3) is 4.66. The van der Waals surface area contributed by atoms with Crippen molar-refractivity contribution in [3.05, 3.63) is 0 Å². The van der Waals surface area contributed by atoms with E-state index >= 15 is 0 Å². The van der Waals surface area contributed by atoms with Gasteiger partial charge < -0.3 is 0 Å². The second kappa shape index (κ2) is 5.46. The zero-order valence-corrected chi connectivity index (χ0v) is 12.3. The number of carbonyl (C=O) groups is 1.